The van der Waals surface area contributed by atoms with E-state index >= 15 is 0 Å². The molecule has 0 aliphatic heterocycles. The van der Waals surface area contributed by atoms with Crippen LogP contribution in [0, 0.1) is 0 Å². The Morgan fingerprint density at radius 2 is 1.83 bits per heavy atom. The van der Waals surface area contributed by atoms with Gasteiger partial charge in [-0.3, -0.25) is 0 Å². The molecule has 1 aromatic heterocycles. The average Bonchev–Trinajstić information content (AvgIpc) is 3.13. The molecule has 0 unspecified atom stereocenters. The smallest absolute Gasteiger partial charge is 0.191 e. The summed E-state index contributed by atoms with van der Waals surface area (Å²) in [5.74, 6) is 2.54. The molecule has 7 nitrogen and oxygen atoms in total. The topological polar surface area (TPSA) is 80.9 Å². The van der Waals surface area contributed by atoms with Gasteiger partial charge in [0.15, 0.2) is 5.96 Å². The number of nitrogens with one attached hydrogen (secondary N) is 2. The van der Waals surface area contributed by atoms with Gasteiger partial charge in [0.2, 0.25) is 0 Å². The maximum atomic E-state index is 5.59. The maximum absolute atomic E-state index is 5.59. The van der Waals surface area contributed by atoms with Crippen molar-refractivity contribution in [2.24, 2.45) is 4.99 Å². The summed E-state index contributed by atoms with van der Waals surface area (Å²) in [6.45, 7) is 9.36. The van der Waals surface area contributed by atoms with Crippen LogP contribution in [0.1, 0.15) is 43.4 Å². The van der Waals surface area contributed by atoms with E-state index in [9.17, 15) is 0 Å². The van der Waals surface area contributed by atoms with Crippen LogP contribution < -0.4 is 15.4 Å². The lowest BCUT2D eigenvalue weighted by Gasteiger charge is -2.12. The molecule has 2 aromatic rings. The van der Waals surface area contributed by atoms with Gasteiger partial charge >= 0.3 is 0 Å². The van der Waals surface area contributed by atoms with Gasteiger partial charge in [-0.25, -0.2) is 4.99 Å². The molecule has 162 valence electrons. The van der Waals surface area contributed by atoms with Gasteiger partial charge in [0, 0.05) is 32.2 Å². The fraction of sp³-hybridized carbons (Fsp3) is 0.524. The molecule has 0 aliphatic carbocycles. The standard InChI is InChI=1S/C21H32N4O3.HI/c1-5-19-18(20(6-2)28-25-19)15-24-21(22-7-3)23-14-16-8-10-17(11-9-16)27-13-12-26-4;/h8-11H,5-7,12-15H2,1-4H3,(H2,22,23,24);1H. The van der Waals surface area contributed by atoms with E-state index in [0.29, 0.717) is 26.3 Å². The third-order valence-electron chi connectivity index (χ3n) is 4.28. The van der Waals surface area contributed by atoms with Crippen molar-refractivity contribution in [1.82, 2.24) is 15.8 Å². The molecule has 0 aliphatic rings. The van der Waals surface area contributed by atoms with Crippen LogP contribution in [0.25, 0.3) is 0 Å². The van der Waals surface area contributed by atoms with Crippen LogP contribution in [0.15, 0.2) is 33.8 Å². The first-order chi connectivity index (χ1) is 13.7. The van der Waals surface area contributed by atoms with Crippen LogP contribution in [-0.2, 0) is 30.7 Å². The largest absolute Gasteiger partial charge is 0.491 e. The van der Waals surface area contributed by atoms with Gasteiger partial charge in [0.25, 0.3) is 0 Å². The van der Waals surface area contributed by atoms with Crippen LogP contribution in [0.3, 0.4) is 0 Å². The minimum absolute atomic E-state index is 0. The number of aromatic nitrogens is 1. The van der Waals surface area contributed by atoms with Gasteiger partial charge in [-0.05, 0) is 31.0 Å². The molecule has 0 saturated heterocycles. The lowest BCUT2D eigenvalue weighted by molar-refractivity contribution is 0.146. The van der Waals surface area contributed by atoms with Crippen LogP contribution in [0.2, 0.25) is 0 Å². The van der Waals surface area contributed by atoms with Gasteiger partial charge in [-0.2, -0.15) is 0 Å². The first kappa shape index (κ1) is 25.2. The van der Waals surface area contributed by atoms with E-state index in [1.165, 1.54) is 0 Å². The minimum atomic E-state index is 0. The van der Waals surface area contributed by atoms with Crippen molar-refractivity contribution < 1.29 is 14.0 Å². The van der Waals surface area contributed by atoms with Gasteiger partial charge in [0.05, 0.1) is 18.8 Å². The highest BCUT2D eigenvalue weighted by Gasteiger charge is 2.13. The highest BCUT2D eigenvalue weighted by molar-refractivity contribution is 14.0. The second-order valence-corrected chi connectivity index (χ2v) is 6.27. The molecule has 29 heavy (non-hydrogen) atoms. The molecule has 2 N–H and O–H groups in total. The monoisotopic (exact) mass is 516 g/mol. The molecule has 8 heteroatoms. The van der Waals surface area contributed by atoms with Crippen molar-refractivity contribution in [1.29, 1.82) is 0 Å². The van der Waals surface area contributed by atoms with Crippen molar-refractivity contribution in [2.75, 3.05) is 26.9 Å². The number of ether oxygens (including phenoxy) is 2. The molecule has 0 atom stereocenters. The van der Waals surface area contributed by atoms with Crippen molar-refractivity contribution >= 4 is 29.9 Å². The summed E-state index contributed by atoms with van der Waals surface area (Å²) in [4.78, 5) is 4.68. The Bertz CT molecular complexity index is 711. The van der Waals surface area contributed by atoms with Gasteiger partial charge in [-0.1, -0.05) is 31.1 Å². The zero-order chi connectivity index (χ0) is 20.2. The number of aliphatic imine (C=N–C) groups is 1. The molecule has 1 aromatic carbocycles. The van der Waals surface area contributed by atoms with Crippen molar-refractivity contribution in [3.63, 3.8) is 0 Å². The number of benzene rings is 1. The predicted octanol–water partition coefficient (Wildman–Crippen LogP) is 3.70. The molecule has 2 rings (SSSR count). The summed E-state index contributed by atoms with van der Waals surface area (Å²) < 4.78 is 16.0. The van der Waals surface area contributed by atoms with Crippen molar-refractivity contribution in [3.05, 3.63) is 46.8 Å². The summed E-state index contributed by atoms with van der Waals surface area (Å²) in [7, 11) is 1.66. The van der Waals surface area contributed by atoms with Crippen LogP contribution in [0.5, 0.6) is 5.75 Å². The number of aryl methyl sites for hydroxylation is 2. The minimum Gasteiger partial charge on any atom is -0.491 e. The highest BCUT2D eigenvalue weighted by atomic mass is 127. The molecule has 1 heterocycles. The lowest BCUT2D eigenvalue weighted by Crippen LogP contribution is -2.37. The molecular weight excluding hydrogens is 483 g/mol. The number of hydrogen-bond donors (Lipinski definition) is 2. The Labute approximate surface area is 190 Å². The molecule has 0 fully saturated rings. The predicted molar refractivity (Wildman–Crippen MR) is 126 cm³/mol. The zero-order valence-corrected chi connectivity index (χ0v) is 20.1. The summed E-state index contributed by atoms with van der Waals surface area (Å²) in [6, 6.07) is 7.97. The van der Waals surface area contributed by atoms with E-state index in [-0.39, 0.29) is 24.0 Å². The number of halogens is 1. The van der Waals surface area contributed by atoms with E-state index in [1.54, 1.807) is 7.11 Å². The average molecular weight is 516 g/mol. The lowest BCUT2D eigenvalue weighted by atomic mass is 10.1. The van der Waals surface area contributed by atoms with E-state index in [0.717, 1.165) is 53.7 Å². The first-order valence-electron chi connectivity index (χ1n) is 9.90. The molecule has 0 amide bonds. The quantitative estimate of drug-likeness (QED) is 0.205. The Morgan fingerprint density at radius 1 is 1.07 bits per heavy atom. The van der Waals surface area contributed by atoms with Crippen molar-refractivity contribution in [3.8, 4) is 5.75 Å². The van der Waals surface area contributed by atoms with Crippen LogP contribution in [-0.4, -0.2) is 38.0 Å². The number of nitrogens with zero attached hydrogens (tertiary/aromatic N) is 2. The van der Waals surface area contributed by atoms with Gasteiger partial charge in [-0.15, -0.1) is 24.0 Å². The van der Waals surface area contributed by atoms with E-state index < -0.39 is 0 Å². The van der Waals surface area contributed by atoms with E-state index in [2.05, 4.69) is 41.6 Å². The second kappa shape index (κ2) is 14.2. The highest BCUT2D eigenvalue weighted by Crippen LogP contribution is 2.16. The summed E-state index contributed by atoms with van der Waals surface area (Å²) in [6.07, 6.45) is 1.68. The Balaban J connectivity index is 0.00000420. The SMILES string of the molecule is CCNC(=NCc1ccc(OCCOC)cc1)NCc1c(CC)noc1CC.I. The molecule has 0 bridgehead atoms. The molecule has 0 spiro atoms. The number of hydrogen-bond acceptors (Lipinski definition) is 5. The second-order valence-electron chi connectivity index (χ2n) is 6.27. The van der Waals surface area contributed by atoms with E-state index in [4.69, 9.17) is 14.0 Å². The molecular formula is C21H33IN4O3. The summed E-state index contributed by atoms with van der Waals surface area (Å²) in [5, 5.41) is 10.8. The Morgan fingerprint density at radius 3 is 2.45 bits per heavy atom. The number of methoxy groups -OCH3 is 1. The van der Waals surface area contributed by atoms with Crippen LogP contribution in [0.4, 0.5) is 0 Å². The summed E-state index contributed by atoms with van der Waals surface area (Å²) >= 11 is 0. The van der Waals surface area contributed by atoms with Gasteiger partial charge < -0.3 is 24.6 Å². The Kier molecular flexibility index (Phi) is 12.4. The van der Waals surface area contributed by atoms with Crippen molar-refractivity contribution in [2.45, 2.75) is 46.7 Å². The third-order valence-corrected chi connectivity index (χ3v) is 4.28. The van der Waals surface area contributed by atoms with Gasteiger partial charge in [0.1, 0.15) is 18.1 Å². The number of rotatable bonds is 11. The zero-order valence-electron chi connectivity index (χ0n) is 17.8. The Hall–Kier alpha value is -1.81. The number of guanidine groups is 1. The fourth-order valence-electron chi connectivity index (χ4n) is 2.76. The fourth-order valence-corrected chi connectivity index (χ4v) is 2.76. The molecule has 0 radical (unpaired) electrons. The maximum Gasteiger partial charge on any atom is 0.191 e. The van der Waals surface area contributed by atoms with Crippen LogP contribution >= 0.6 is 24.0 Å². The molecule has 0 saturated carbocycles. The third kappa shape index (κ3) is 8.22. The first-order valence-corrected chi connectivity index (χ1v) is 9.90. The summed E-state index contributed by atoms with van der Waals surface area (Å²) in [5.41, 5.74) is 3.25. The van der Waals surface area contributed by atoms with E-state index in [1.807, 2.05) is 24.3 Å². The normalized spacial score (nSPS) is 11.1.